The zero-order valence-corrected chi connectivity index (χ0v) is 9.56. The number of hydrogen-bond acceptors (Lipinski definition) is 3. The van der Waals surface area contributed by atoms with Gasteiger partial charge >= 0.3 is 0 Å². The van der Waals surface area contributed by atoms with E-state index in [-0.39, 0.29) is 0 Å². The van der Waals surface area contributed by atoms with Crippen molar-refractivity contribution in [1.82, 2.24) is 19.6 Å². The number of rotatable bonds is 1. The molecule has 0 unspecified atom stereocenters. The average molecular weight is 288 g/mol. The second kappa shape index (κ2) is 3.21. The quantitative estimate of drug-likeness (QED) is 0.752. The van der Waals surface area contributed by atoms with E-state index in [1.807, 2.05) is 10.6 Å². The Morgan fingerprint density at radius 3 is 2.85 bits per heavy atom. The summed E-state index contributed by atoms with van der Waals surface area (Å²) < 4.78 is 2.94. The van der Waals surface area contributed by atoms with Crippen LogP contribution in [0.25, 0.3) is 5.65 Å². The highest BCUT2D eigenvalue weighted by atomic mass is 127. The molecule has 0 fully saturated rings. The second-order valence-corrected chi connectivity index (χ2v) is 4.26. The van der Waals surface area contributed by atoms with Gasteiger partial charge in [-0.15, -0.1) is 10.2 Å². The van der Waals surface area contributed by atoms with Crippen LogP contribution in [0, 0.1) is 3.70 Å². The molecule has 4 nitrogen and oxygen atoms in total. The first-order valence-corrected chi connectivity index (χ1v) is 5.12. The van der Waals surface area contributed by atoms with Crippen LogP contribution >= 0.6 is 22.6 Å². The molecule has 68 valence electrons. The molecule has 2 aromatic heterocycles. The summed E-state index contributed by atoms with van der Waals surface area (Å²) in [5.74, 6) is 1.36. The minimum Gasteiger partial charge on any atom is -0.282 e. The van der Waals surface area contributed by atoms with E-state index in [0.717, 1.165) is 15.2 Å². The fourth-order valence-electron chi connectivity index (χ4n) is 1.19. The Labute approximate surface area is 89.5 Å². The lowest BCUT2D eigenvalue weighted by molar-refractivity contribution is 0.757. The molecule has 0 aliphatic rings. The third-order valence-corrected chi connectivity index (χ3v) is 2.36. The summed E-state index contributed by atoms with van der Waals surface area (Å²) in [4.78, 5) is 4.14. The van der Waals surface area contributed by atoms with E-state index in [1.165, 1.54) is 0 Å². The molecule has 0 radical (unpaired) electrons. The van der Waals surface area contributed by atoms with Gasteiger partial charge in [0.2, 0.25) is 0 Å². The van der Waals surface area contributed by atoms with Crippen molar-refractivity contribution >= 4 is 28.2 Å². The third kappa shape index (κ3) is 1.52. The molecule has 0 aliphatic carbocycles. The van der Waals surface area contributed by atoms with E-state index in [4.69, 9.17) is 0 Å². The smallest absolute Gasteiger partial charge is 0.179 e. The minimum absolute atomic E-state index is 0.383. The number of nitrogens with zero attached hydrogens (tertiary/aromatic N) is 4. The van der Waals surface area contributed by atoms with Gasteiger partial charge in [0.15, 0.2) is 5.65 Å². The molecule has 0 saturated carbocycles. The highest BCUT2D eigenvalue weighted by Gasteiger charge is 2.08. The zero-order chi connectivity index (χ0) is 9.42. The molecule has 0 bridgehead atoms. The van der Waals surface area contributed by atoms with Crippen molar-refractivity contribution in [1.29, 1.82) is 0 Å². The Kier molecular flexibility index (Phi) is 2.19. The molecule has 0 atom stereocenters. The maximum Gasteiger partial charge on any atom is 0.179 e. The molecule has 5 heteroatoms. The first kappa shape index (κ1) is 8.86. The monoisotopic (exact) mass is 288 g/mol. The first-order chi connectivity index (χ1) is 6.18. The molecular weight excluding hydrogens is 279 g/mol. The molecule has 2 aromatic rings. The van der Waals surface area contributed by atoms with Gasteiger partial charge in [-0.05, 0) is 22.6 Å². The Hall–Kier alpha value is -0.720. The first-order valence-electron chi connectivity index (χ1n) is 4.04. The van der Waals surface area contributed by atoms with Crippen LogP contribution < -0.4 is 0 Å². The zero-order valence-electron chi connectivity index (χ0n) is 7.40. The van der Waals surface area contributed by atoms with Crippen molar-refractivity contribution in [2.24, 2.45) is 0 Å². The van der Waals surface area contributed by atoms with Crippen molar-refractivity contribution in [3.05, 3.63) is 21.9 Å². The van der Waals surface area contributed by atoms with E-state index in [1.54, 1.807) is 6.20 Å². The van der Waals surface area contributed by atoms with Crippen molar-refractivity contribution in [3.8, 4) is 0 Å². The standard InChI is InChI=1S/C8H9IN4/c1-5(2)8-12-11-7-3-10-6(9)4-13(7)8/h3-5H,1-2H3. The fourth-order valence-corrected chi connectivity index (χ4v) is 1.61. The molecule has 0 saturated heterocycles. The van der Waals surface area contributed by atoms with Crippen LogP contribution in [-0.2, 0) is 0 Å². The van der Waals surface area contributed by atoms with Crippen LogP contribution in [0.2, 0.25) is 0 Å². The van der Waals surface area contributed by atoms with Gasteiger partial charge in [-0.25, -0.2) is 4.98 Å². The SMILES string of the molecule is CC(C)c1nnc2cnc(I)cn12. The Morgan fingerprint density at radius 1 is 1.38 bits per heavy atom. The van der Waals surface area contributed by atoms with Gasteiger partial charge in [-0.2, -0.15) is 0 Å². The number of fused-ring (bicyclic) bond motifs is 1. The van der Waals surface area contributed by atoms with Crippen molar-refractivity contribution < 1.29 is 0 Å². The van der Waals surface area contributed by atoms with Gasteiger partial charge in [-0.1, -0.05) is 13.8 Å². The molecule has 0 aliphatic heterocycles. The van der Waals surface area contributed by atoms with Crippen LogP contribution in [0.4, 0.5) is 0 Å². The lowest BCUT2D eigenvalue weighted by Gasteiger charge is -2.01. The van der Waals surface area contributed by atoms with Gasteiger partial charge in [-0.3, -0.25) is 4.40 Å². The van der Waals surface area contributed by atoms with Crippen molar-refractivity contribution in [3.63, 3.8) is 0 Å². The largest absolute Gasteiger partial charge is 0.282 e. The van der Waals surface area contributed by atoms with Crippen LogP contribution in [0.15, 0.2) is 12.4 Å². The van der Waals surface area contributed by atoms with Gasteiger partial charge < -0.3 is 0 Å². The summed E-state index contributed by atoms with van der Waals surface area (Å²) in [5, 5.41) is 8.13. The van der Waals surface area contributed by atoms with E-state index < -0.39 is 0 Å². The summed E-state index contributed by atoms with van der Waals surface area (Å²) in [6.45, 7) is 4.20. The molecule has 0 N–H and O–H groups in total. The maximum atomic E-state index is 4.14. The lowest BCUT2D eigenvalue weighted by Crippen LogP contribution is -1.98. The Balaban J connectivity index is 2.71. The van der Waals surface area contributed by atoms with Crippen LogP contribution in [0.1, 0.15) is 25.6 Å². The maximum absolute atomic E-state index is 4.14. The summed E-state index contributed by atoms with van der Waals surface area (Å²) in [6, 6.07) is 0. The summed E-state index contributed by atoms with van der Waals surface area (Å²) >= 11 is 2.18. The van der Waals surface area contributed by atoms with Gasteiger partial charge in [0.25, 0.3) is 0 Å². The van der Waals surface area contributed by atoms with E-state index in [9.17, 15) is 0 Å². The molecule has 2 rings (SSSR count). The van der Waals surface area contributed by atoms with Crippen molar-refractivity contribution in [2.45, 2.75) is 19.8 Å². The predicted molar refractivity (Wildman–Crippen MR) is 57.6 cm³/mol. The number of aromatic nitrogens is 4. The fraction of sp³-hybridized carbons (Fsp3) is 0.375. The highest BCUT2D eigenvalue weighted by Crippen LogP contribution is 2.13. The Morgan fingerprint density at radius 2 is 2.15 bits per heavy atom. The van der Waals surface area contributed by atoms with E-state index in [2.05, 4.69) is 51.6 Å². The van der Waals surface area contributed by atoms with Crippen LogP contribution in [0.5, 0.6) is 0 Å². The van der Waals surface area contributed by atoms with Gasteiger partial charge in [0.1, 0.15) is 9.53 Å². The third-order valence-electron chi connectivity index (χ3n) is 1.80. The summed E-state index contributed by atoms with van der Waals surface area (Å²) in [6.07, 6.45) is 3.69. The average Bonchev–Trinajstić information content (AvgIpc) is 2.46. The van der Waals surface area contributed by atoms with Crippen LogP contribution in [0.3, 0.4) is 0 Å². The topological polar surface area (TPSA) is 43.1 Å². The van der Waals surface area contributed by atoms with E-state index >= 15 is 0 Å². The molecule has 0 spiro atoms. The van der Waals surface area contributed by atoms with Gasteiger partial charge in [0, 0.05) is 12.1 Å². The number of halogens is 1. The molecule has 2 heterocycles. The normalized spacial score (nSPS) is 11.4. The Bertz CT molecular complexity index is 435. The van der Waals surface area contributed by atoms with Crippen molar-refractivity contribution in [2.75, 3.05) is 0 Å². The molecule has 0 aromatic carbocycles. The highest BCUT2D eigenvalue weighted by molar-refractivity contribution is 14.1. The lowest BCUT2D eigenvalue weighted by atomic mass is 10.2. The second-order valence-electron chi connectivity index (χ2n) is 3.15. The number of hydrogen-bond donors (Lipinski definition) is 0. The predicted octanol–water partition coefficient (Wildman–Crippen LogP) is 1.85. The molecular formula is C8H9IN4. The summed E-state index contributed by atoms with van der Waals surface area (Å²) in [5.41, 5.74) is 0.809. The minimum atomic E-state index is 0.383. The van der Waals surface area contributed by atoms with E-state index in [0.29, 0.717) is 5.92 Å². The van der Waals surface area contributed by atoms with Gasteiger partial charge in [0.05, 0.1) is 6.20 Å². The molecule has 13 heavy (non-hydrogen) atoms. The van der Waals surface area contributed by atoms with Crippen LogP contribution in [-0.4, -0.2) is 19.6 Å². The molecule has 0 amide bonds. The summed E-state index contributed by atoms with van der Waals surface area (Å²) in [7, 11) is 0.